The maximum Gasteiger partial charge on any atom is 0.0890 e. The average molecular weight is 234 g/mol. The molecule has 16 heavy (non-hydrogen) atoms. The van der Waals surface area contributed by atoms with Gasteiger partial charge in [0, 0.05) is 11.6 Å². The molecule has 0 unspecified atom stereocenters. The fraction of sp³-hybridized carbons (Fsp3) is 0.357. The fourth-order valence-electron chi connectivity index (χ4n) is 1.92. The second-order valence-corrected chi connectivity index (χ2v) is 5.75. The van der Waals surface area contributed by atoms with E-state index in [0.717, 1.165) is 17.0 Å². The molecule has 0 amide bonds. The summed E-state index contributed by atoms with van der Waals surface area (Å²) in [6.07, 6.45) is 2.82. The van der Waals surface area contributed by atoms with Crippen molar-refractivity contribution < 1.29 is 0 Å². The molecule has 2 rings (SSSR count). The normalized spacial score (nSPS) is 12.0. The van der Waals surface area contributed by atoms with E-state index in [2.05, 4.69) is 37.9 Å². The Morgan fingerprint density at radius 3 is 2.62 bits per heavy atom. The molecular weight excluding hydrogens is 218 g/mol. The first-order valence-corrected chi connectivity index (χ1v) is 5.87. The third-order valence-corrected chi connectivity index (χ3v) is 2.84. The molecule has 0 aliphatic carbocycles. The zero-order valence-corrected chi connectivity index (χ0v) is 10.7. The molecule has 0 N–H and O–H groups in total. The highest BCUT2D eigenvalue weighted by molar-refractivity contribution is 6.35. The predicted octanol–water partition coefficient (Wildman–Crippen LogP) is 4.48. The van der Waals surface area contributed by atoms with Gasteiger partial charge in [0.15, 0.2) is 0 Å². The number of nitrogens with zero attached hydrogens (tertiary/aromatic N) is 1. The molecule has 0 bridgehead atoms. The molecule has 0 radical (unpaired) electrons. The average Bonchev–Trinajstić information content (AvgIpc) is 2.21. The largest absolute Gasteiger partial charge is 0.255 e. The van der Waals surface area contributed by atoms with Gasteiger partial charge < -0.3 is 0 Å². The van der Waals surface area contributed by atoms with Gasteiger partial charge in [0.05, 0.1) is 10.5 Å². The first kappa shape index (κ1) is 11.4. The molecule has 0 saturated carbocycles. The van der Waals surface area contributed by atoms with Gasteiger partial charge in [0.2, 0.25) is 0 Å². The van der Waals surface area contributed by atoms with Gasteiger partial charge in [-0.1, -0.05) is 44.5 Å². The number of aromatic nitrogens is 1. The zero-order chi connectivity index (χ0) is 11.8. The molecular formula is C14H16ClN. The zero-order valence-electron chi connectivity index (χ0n) is 9.92. The Hall–Kier alpha value is -1.08. The molecule has 1 aromatic carbocycles. The van der Waals surface area contributed by atoms with E-state index < -0.39 is 0 Å². The molecule has 1 aromatic heterocycles. The number of rotatable bonds is 1. The molecule has 1 nitrogen and oxygen atoms in total. The van der Waals surface area contributed by atoms with Gasteiger partial charge in [0.25, 0.3) is 0 Å². The molecule has 0 saturated heterocycles. The molecule has 2 aromatic rings. The maximum atomic E-state index is 6.14. The van der Waals surface area contributed by atoms with Crippen molar-refractivity contribution in [2.45, 2.75) is 27.2 Å². The van der Waals surface area contributed by atoms with Crippen LogP contribution in [0.4, 0.5) is 0 Å². The maximum absolute atomic E-state index is 6.14. The van der Waals surface area contributed by atoms with Gasteiger partial charge in [-0.25, -0.2) is 0 Å². The highest BCUT2D eigenvalue weighted by atomic mass is 35.5. The number of hydrogen-bond donors (Lipinski definition) is 0. The standard InChI is InChI=1S/C14H16ClN/c1-14(2,3)9-10-6-7-12(15)13-11(10)5-4-8-16-13/h4-8H,9H2,1-3H3. The number of hydrogen-bond acceptors (Lipinski definition) is 1. The minimum atomic E-state index is 0.274. The van der Waals surface area contributed by atoms with Crippen LogP contribution in [0.25, 0.3) is 10.9 Å². The molecule has 0 aliphatic rings. The molecule has 0 fully saturated rings. The predicted molar refractivity (Wildman–Crippen MR) is 69.9 cm³/mol. The molecule has 0 atom stereocenters. The van der Waals surface area contributed by atoms with Crippen LogP contribution >= 0.6 is 11.6 Å². The van der Waals surface area contributed by atoms with Gasteiger partial charge in [-0.3, -0.25) is 4.98 Å². The monoisotopic (exact) mass is 233 g/mol. The lowest BCUT2D eigenvalue weighted by Gasteiger charge is -2.19. The number of fused-ring (bicyclic) bond motifs is 1. The van der Waals surface area contributed by atoms with Gasteiger partial charge in [-0.15, -0.1) is 0 Å². The lowest BCUT2D eigenvalue weighted by Crippen LogP contribution is -2.09. The van der Waals surface area contributed by atoms with Crippen LogP contribution in [0.2, 0.25) is 5.02 Å². The van der Waals surface area contributed by atoms with Gasteiger partial charge in [0.1, 0.15) is 0 Å². The van der Waals surface area contributed by atoms with Crippen LogP contribution in [-0.2, 0) is 6.42 Å². The second-order valence-electron chi connectivity index (χ2n) is 5.34. The van der Waals surface area contributed by atoms with Crippen molar-refractivity contribution in [3.8, 4) is 0 Å². The van der Waals surface area contributed by atoms with Crippen molar-refractivity contribution >= 4 is 22.5 Å². The summed E-state index contributed by atoms with van der Waals surface area (Å²) in [5.41, 5.74) is 2.50. The molecule has 2 heteroatoms. The van der Waals surface area contributed by atoms with Crippen molar-refractivity contribution in [3.63, 3.8) is 0 Å². The van der Waals surface area contributed by atoms with E-state index in [1.54, 1.807) is 6.20 Å². The van der Waals surface area contributed by atoms with Gasteiger partial charge >= 0.3 is 0 Å². The van der Waals surface area contributed by atoms with E-state index in [-0.39, 0.29) is 5.41 Å². The van der Waals surface area contributed by atoms with E-state index >= 15 is 0 Å². The highest BCUT2D eigenvalue weighted by Gasteiger charge is 2.14. The third kappa shape index (κ3) is 2.35. The second kappa shape index (κ2) is 4.06. The summed E-state index contributed by atoms with van der Waals surface area (Å²) in [5.74, 6) is 0. The lowest BCUT2D eigenvalue weighted by molar-refractivity contribution is 0.412. The van der Waals surface area contributed by atoms with Crippen LogP contribution in [0.1, 0.15) is 26.3 Å². The first-order valence-electron chi connectivity index (χ1n) is 5.49. The lowest BCUT2D eigenvalue weighted by atomic mass is 9.87. The first-order chi connectivity index (χ1) is 7.47. The van der Waals surface area contributed by atoms with Gasteiger partial charge in [-0.05, 0) is 29.5 Å². The Bertz CT molecular complexity index is 512. The third-order valence-electron chi connectivity index (χ3n) is 2.53. The van der Waals surface area contributed by atoms with Crippen molar-refractivity contribution in [2.75, 3.05) is 0 Å². The topological polar surface area (TPSA) is 12.9 Å². The van der Waals surface area contributed by atoms with E-state index in [1.807, 2.05) is 12.1 Å². The summed E-state index contributed by atoms with van der Waals surface area (Å²) >= 11 is 6.14. The molecule has 84 valence electrons. The molecule has 1 heterocycles. The number of pyridine rings is 1. The Kier molecular flexibility index (Phi) is 2.90. The summed E-state index contributed by atoms with van der Waals surface area (Å²) in [7, 11) is 0. The quantitative estimate of drug-likeness (QED) is 0.708. The van der Waals surface area contributed by atoms with E-state index in [4.69, 9.17) is 11.6 Å². The summed E-state index contributed by atoms with van der Waals surface area (Å²) in [6, 6.07) is 8.11. The van der Waals surface area contributed by atoms with Crippen LogP contribution < -0.4 is 0 Å². The Balaban J connectivity index is 2.59. The SMILES string of the molecule is CC(C)(C)Cc1ccc(Cl)c2ncccc12. The van der Waals surface area contributed by atoms with Crippen LogP contribution in [0.3, 0.4) is 0 Å². The Labute approximate surface area is 101 Å². The number of benzene rings is 1. The van der Waals surface area contributed by atoms with Crippen LogP contribution in [-0.4, -0.2) is 4.98 Å². The Morgan fingerprint density at radius 1 is 1.19 bits per heavy atom. The van der Waals surface area contributed by atoms with E-state index in [0.29, 0.717) is 0 Å². The fourth-order valence-corrected chi connectivity index (χ4v) is 2.14. The van der Waals surface area contributed by atoms with Crippen molar-refractivity contribution in [1.29, 1.82) is 0 Å². The number of halogens is 1. The van der Waals surface area contributed by atoms with Crippen LogP contribution in [0.15, 0.2) is 30.5 Å². The smallest absolute Gasteiger partial charge is 0.0890 e. The van der Waals surface area contributed by atoms with Crippen LogP contribution in [0, 0.1) is 5.41 Å². The summed E-state index contributed by atoms with van der Waals surface area (Å²) < 4.78 is 0. The summed E-state index contributed by atoms with van der Waals surface area (Å²) in [4.78, 5) is 4.34. The summed E-state index contributed by atoms with van der Waals surface area (Å²) in [6.45, 7) is 6.72. The minimum Gasteiger partial charge on any atom is -0.255 e. The van der Waals surface area contributed by atoms with Crippen molar-refractivity contribution in [1.82, 2.24) is 4.98 Å². The van der Waals surface area contributed by atoms with E-state index in [9.17, 15) is 0 Å². The highest BCUT2D eigenvalue weighted by Crippen LogP contribution is 2.29. The van der Waals surface area contributed by atoms with Gasteiger partial charge in [-0.2, -0.15) is 0 Å². The molecule has 0 aliphatic heterocycles. The molecule has 0 spiro atoms. The van der Waals surface area contributed by atoms with Crippen LogP contribution in [0.5, 0.6) is 0 Å². The van der Waals surface area contributed by atoms with Crippen molar-refractivity contribution in [3.05, 3.63) is 41.0 Å². The Morgan fingerprint density at radius 2 is 1.94 bits per heavy atom. The minimum absolute atomic E-state index is 0.274. The van der Waals surface area contributed by atoms with E-state index in [1.165, 1.54) is 10.9 Å². The van der Waals surface area contributed by atoms with Crippen molar-refractivity contribution in [2.24, 2.45) is 5.41 Å². The summed E-state index contributed by atoms with van der Waals surface area (Å²) in [5, 5.41) is 1.90.